The van der Waals surface area contributed by atoms with Crippen LogP contribution in [0.15, 0.2) is 0 Å². The summed E-state index contributed by atoms with van der Waals surface area (Å²) in [7, 11) is 2.21. The standard InChI is InChI=1S/C16H29N3S/c1-5-12(3)15-14(10-17)20-16(18-15)19(4)13-8-6-11(2)7-9-13/h11-13H,5-10,17H2,1-4H3. The Bertz CT molecular complexity index is 421. The average Bonchev–Trinajstić information content (AvgIpc) is 2.90. The molecule has 0 aliphatic heterocycles. The van der Waals surface area contributed by atoms with Gasteiger partial charge in [-0.2, -0.15) is 0 Å². The maximum atomic E-state index is 5.91. The van der Waals surface area contributed by atoms with Gasteiger partial charge >= 0.3 is 0 Å². The van der Waals surface area contributed by atoms with Crippen molar-refractivity contribution in [3.8, 4) is 0 Å². The molecule has 2 N–H and O–H groups in total. The fourth-order valence-corrected chi connectivity index (χ4v) is 4.10. The summed E-state index contributed by atoms with van der Waals surface area (Å²) in [5.74, 6) is 1.41. The van der Waals surface area contributed by atoms with E-state index in [1.54, 1.807) is 11.3 Å². The number of hydrogen-bond donors (Lipinski definition) is 1. The van der Waals surface area contributed by atoms with Crippen LogP contribution in [0.3, 0.4) is 0 Å². The Morgan fingerprint density at radius 2 is 2.00 bits per heavy atom. The highest BCUT2D eigenvalue weighted by atomic mass is 32.1. The van der Waals surface area contributed by atoms with Crippen molar-refractivity contribution in [1.82, 2.24) is 4.98 Å². The normalized spacial score (nSPS) is 24.6. The summed E-state index contributed by atoms with van der Waals surface area (Å²) in [5.41, 5.74) is 7.13. The molecule has 2 rings (SSSR count). The van der Waals surface area contributed by atoms with Gasteiger partial charge < -0.3 is 10.6 Å². The van der Waals surface area contributed by atoms with Crippen LogP contribution >= 0.6 is 11.3 Å². The van der Waals surface area contributed by atoms with E-state index in [4.69, 9.17) is 10.7 Å². The van der Waals surface area contributed by atoms with E-state index in [1.807, 2.05) is 0 Å². The van der Waals surface area contributed by atoms with Crippen LogP contribution in [0, 0.1) is 5.92 Å². The third kappa shape index (κ3) is 3.34. The van der Waals surface area contributed by atoms with Crippen LogP contribution in [0.5, 0.6) is 0 Å². The Labute approximate surface area is 127 Å². The second-order valence-corrected chi connectivity index (χ2v) is 7.40. The van der Waals surface area contributed by atoms with Gasteiger partial charge in [-0.25, -0.2) is 4.98 Å². The lowest BCUT2D eigenvalue weighted by Gasteiger charge is -2.33. The van der Waals surface area contributed by atoms with Crippen molar-refractivity contribution in [2.45, 2.75) is 71.4 Å². The van der Waals surface area contributed by atoms with E-state index in [9.17, 15) is 0 Å². The quantitative estimate of drug-likeness (QED) is 0.888. The summed E-state index contributed by atoms with van der Waals surface area (Å²) in [6.07, 6.45) is 6.42. The maximum absolute atomic E-state index is 5.91. The molecule has 0 spiro atoms. The third-order valence-electron chi connectivity index (χ3n) is 4.82. The van der Waals surface area contributed by atoms with Gasteiger partial charge in [0.1, 0.15) is 0 Å². The van der Waals surface area contributed by atoms with Crippen LogP contribution in [0.25, 0.3) is 0 Å². The smallest absolute Gasteiger partial charge is 0.185 e. The first kappa shape index (κ1) is 15.8. The molecule has 1 atom stereocenters. The van der Waals surface area contributed by atoms with Crippen molar-refractivity contribution in [3.63, 3.8) is 0 Å². The van der Waals surface area contributed by atoms with Crippen molar-refractivity contribution in [1.29, 1.82) is 0 Å². The van der Waals surface area contributed by atoms with E-state index in [0.29, 0.717) is 18.5 Å². The maximum Gasteiger partial charge on any atom is 0.185 e. The van der Waals surface area contributed by atoms with Crippen LogP contribution in [0.4, 0.5) is 5.13 Å². The molecular formula is C16H29N3S. The van der Waals surface area contributed by atoms with Crippen LogP contribution < -0.4 is 10.6 Å². The number of rotatable bonds is 5. The minimum absolute atomic E-state index is 0.512. The second kappa shape index (κ2) is 6.90. The minimum Gasteiger partial charge on any atom is -0.348 e. The topological polar surface area (TPSA) is 42.2 Å². The van der Waals surface area contributed by atoms with Crippen LogP contribution in [0.1, 0.15) is 69.4 Å². The molecule has 0 amide bonds. The monoisotopic (exact) mass is 295 g/mol. The van der Waals surface area contributed by atoms with Gasteiger partial charge in [-0.1, -0.05) is 20.8 Å². The summed E-state index contributed by atoms with van der Waals surface area (Å²) < 4.78 is 0. The zero-order valence-corrected chi connectivity index (χ0v) is 14.2. The van der Waals surface area contributed by atoms with Crippen LogP contribution in [-0.4, -0.2) is 18.1 Å². The number of aromatic nitrogens is 1. The van der Waals surface area contributed by atoms with Crippen LogP contribution in [-0.2, 0) is 6.54 Å². The van der Waals surface area contributed by atoms with Crippen molar-refractivity contribution >= 4 is 16.5 Å². The lowest BCUT2D eigenvalue weighted by atomic mass is 9.87. The van der Waals surface area contributed by atoms with Gasteiger partial charge in [0.05, 0.1) is 5.69 Å². The molecule has 0 aromatic carbocycles. The molecule has 0 radical (unpaired) electrons. The first-order chi connectivity index (χ1) is 9.56. The van der Waals surface area contributed by atoms with E-state index in [2.05, 4.69) is 32.7 Å². The Morgan fingerprint density at radius 3 is 2.55 bits per heavy atom. The molecule has 1 saturated carbocycles. The molecule has 0 bridgehead atoms. The third-order valence-corrected chi connectivity index (χ3v) is 6.00. The highest BCUT2D eigenvalue weighted by Gasteiger charge is 2.25. The number of anilines is 1. The van der Waals surface area contributed by atoms with Gasteiger partial charge in [-0.15, -0.1) is 11.3 Å². The van der Waals surface area contributed by atoms with Gasteiger partial charge in [0.25, 0.3) is 0 Å². The van der Waals surface area contributed by atoms with Crippen molar-refractivity contribution in [3.05, 3.63) is 10.6 Å². The summed E-state index contributed by atoms with van der Waals surface area (Å²) in [6, 6.07) is 0.660. The van der Waals surface area contributed by atoms with Gasteiger partial charge in [0, 0.05) is 24.5 Å². The predicted octanol–water partition coefficient (Wildman–Crippen LogP) is 4.13. The lowest BCUT2D eigenvalue weighted by Crippen LogP contribution is -2.34. The molecule has 0 saturated heterocycles. The Balaban J connectivity index is 2.13. The summed E-state index contributed by atoms with van der Waals surface area (Å²) >= 11 is 1.80. The largest absolute Gasteiger partial charge is 0.348 e. The Kier molecular flexibility index (Phi) is 5.44. The fraction of sp³-hybridized carbons (Fsp3) is 0.812. The molecule has 1 unspecified atom stereocenters. The predicted molar refractivity (Wildman–Crippen MR) is 88.5 cm³/mol. The van der Waals surface area contributed by atoms with Crippen molar-refractivity contribution in [2.24, 2.45) is 11.7 Å². The van der Waals surface area contributed by atoms with E-state index in [0.717, 1.165) is 12.3 Å². The molecule has 1 aliphatic carbocycles. The number of nitrogens with two attached hydrogens (primary N) is 1. The summed E-state index contributed by atoms with van der Waals surface area (Å²) in [6.45, 7) is 7.45. The summed E-state index contributed by atoms with van der Waals surface area (Å²) in [5, 5.41) is 1.17. The molecule has 4 heteroatoms. The lowest BCUT2D eigenvalue weighted by molar-refractivity contribution is 0.340. The van der Waals surface area contributed by atoms with Crippen LogP contribution in [0.2, 0.25) is 0 Å². The van der Waals surface area contributed by atoms with Gasteiger partial charge in [-0.05, 0) is 43.9 Å². The van der Waals surface area contributed by atoms with E-state index in [1.165, 1.54) is 41.4 Å². The van der Waals surface area contributed by atoms with E-state index < -0.39 is 0 Å². The Hall–Kier alpha value is -0.610. The zero-order valence-electron chi connectivity index (χ0n) is 13.4. The Morgan fingerprint density at radius 1 is 1.35 bits per heavy atom. The van der Waals surface area contributed by atoms with Crippen molar-refractivity contribution < 1.29 is 0 Å². The fourth-order valence-electron chi connectivity index (χ4n) is 3.01. The van der Waals surface area contributed by atoms with E-state index in [-0.39, 0.29) is 0 Å². The molecule has 1 aromatic heterocycles. The summed E-state index contributed by atoms with van der Waals surface area (Å²) in [4.78, 5) is 8.58. The number of nitrogens with zero attached hydrogens (tertiary/aromatic N) is 2. The first-order valence-electron chi connectivity index (χ1n) is 7.99. The second-order valence-electron chi connectivity index (χ2n) is 6.34. The molecule has 1 aliphatic rings. The highest BCUT2D eigenvalue weighted by molar-refractivity contribution is 7.15. The molecule has 1 aromatic rings. The SMILES string of the molecule is CCC(C)c1nc(N(C)C2CCC(C)CC2)sc1CN. The minimum atomic E-state index is 0.512. The van der Waals surface area contributed by atoms with Gasteiger partial charge in [0.15, 0.2) is 5.13 Å². The molecular weight excluding hydrogens is 266 g/mol. The number of thiazole rings is 1. The molecule has 3 nitrogen and oxygen atoms in total. The van der Waals surface area contributed by atoms with Crippen molar-refractivity contribution in [2.75, 3.05) is 11.9 Å². The highest BCUT2D eigenvalue weighted by Crippen LogP contribution is 2.35. The average molecular weight is 295 g/mol. The molecule has 1 fully saturated rings. The molecule has 1 heterocycles. The van der Waals surface area contributed by atoms with Gasteiger partial charge in [-0.3, -0.25) is 0 Å². The first-order valence-corrected chi connectivity index (χ1v) is 8.80. The molecule has 114 valence electrons. The molecule has 20 heavy (non-hydrogen) atoms. The van der Waals surface area contributed by atoms with E-state index >= 15 is 0 Å². The number of hydrogen-bond acceptors (Lipinski definition) is 4. The van der Waals surface area contributed by atoms with Gasteiger partial charge in [0.2, 0.25) is 0 Å². The zero-order chi connectivity index (χ0) is 14.7.